The fourth-order valence-electron chi connectivity index (χ4n) is 8.77. The zero-order chi connectivity index (χ0) is 42.5. The maximum absolute atomic E-state index is 4.63. The van der Waals surface area contributed by atoms with Crippen LogP contribution in [0.4, 0.5) is 11.4 Å². The van der Waals surface area contributed by atoms with E-state index >= 15 is 0 Å². The Morgan fingerprint density at radius 3 is 1.92 bits per heavy atom. The number of allylic oxidation sites excluding steroid dienone is 7. The van der Waals surface area contributed by atoms with Crippen molar-refractivity contribution in [2.24, 2.45) is 0 Å². The number of nitrogens with zero attached hydrogens (tertiary/aromatic N) is 4. The van der Waals surface area contributed by atoms with Crippen molar-refractivity contribution in [2.45, 2.75) is 19.4 Å². The molecule has 0 spiro atoms. The molecule has 0 amide bonds. The molecule has 0 aliphatic heterocycles. The molecular formula is C59H46N4. The SMILES string of the molecule is C=C(/C=C\C=C/C)c1cc(-c2ccccc2)c2c(c1)c1cc(-c3ccccc3)ccc1n2-c1ccc(N(c2ccc(-c3ccccn3)cc2)C2C=CC(c3ccccn3)=CC2)cc1. The third kappa shape index (κ3) is 7.87. The maximum atomic E-state index is 4.63. The van der Waals surface area contributed by atoms with Crippen LogP contribution in [0.1, 0.15) is 24.6 Å². The van der Waals surface area contributed by atoms with Crippen LogP contribution in [0.5, 0.6) is 0 Å². The smallest absolute Gasteiger partial charge is 0.0701 e. The van der Waals surface area contributed by atoms with Crippen LogP contribution in [0.15, 0.2) is 237 Å². The summed E-state index contributed by atoms with van der Waals surface area (Å²) >= 11 is 0. The predicted octanol–water partition coefficient (Wildman–Crippen LogP) is 15.3. The molecule has 10 rings (SSSR count). The van der Waals surface area contributed by atoms with Crippen LogP contribution < -0.4 is 4.90 Å². The second-order valence-electron chi connectivity index (χ2n) is 15.8. The van der Waals surface area contributed by atoms with Crippen LogP contribution in [-0.2, 0) is 0 Å². The Bertz CT molecular complexity index is 3180. The van der Waals surface area contributed by atoms with Crippen molar-refractivity contribution in [1.29, 1.82) is 0 Å². The second-order valence-corrected chi connectivity index (χ2v) is 15.8. The number of hydrogen-bond acceptors (Lipinski definition) is 3. The average molecular weight is 811 g/mol. The average Bonchev–Trinajstić information content (AvgIpc) is 3.69. The van der Waals surface area contributed by atoms with Crippen LogP contribution in [0.3, 0.4) is 0 Å². The van der Waals surface area contributed by atoms with E-state index in [-0.39, 0.29) is 6.04 Å². The Hall–Kier alpha value is -8.08. The Kier molecular flexibility index (Phi) is 10.8. The van der Waals surface area contributed by atoms with Gasteiger partial charge in [-0.15, -0.1) is 0 Å². The molecule has 302 valence electrons. The van der Waals surface area contributed by atoms with Crippen LogP contribution in [-0.4, -0.2) is 20.6 Å². The molecule has 9 aromatic rings. The van der Waals surface area contributed by atoms with E-state index in [0.717, 1.165) is 79.3 Å². The molecule has 0 saturated carbocycles. The van der Waals surface area contributed by atoms with Gasteiger partial charge in [0, 0.05) is 51.4 Å². The third-order valence-corrected chi connectivity index (χ3v) is 11.9. The summed E-state index contributed by atoms with van der Waals surface area (Å²) in [6.07, 6.45) is 19.6. The molecule has 6 aromatic carbocycles. The first-order valence-corrected chi connectivity index (χ1v) is 21.6. The summed E-state index contributed by atoms with van der Waals surface area (Å²) in [6.45, 7) is 6.56. The van der Waals surface area contributed by atoms with Crippen molar-refractivity contribution in [3.05, 3.63) is 249 Å². The molecule has 1 aliphatic rings. The van der Waals surface area contributed by atoms with Gasteiger partial charge in [-0.2, -0.15) is 0 Å². The van der Waals surface area contributed by atoms with Gasteiger partial charge in [0.05, 0.1) is 28.5 Å². The Balaban J connectivity index is 1.12. The highest BCUT2D eigenvalue weighted by molar-refractivity contribution is 6.15. The molecule has 1 unspecified atom stereocenters. The third-order valence-electron chi connectivity index (χ3n) is 11.9. The molecule has 4 heteroatoms. The summed E-state index contributed by atoms with van der Waals surface area (Å²) < 4.78 is 2.45. The first-order valence-electron chi connectivity index (χ1n) is 21.6. The molecule has 0 N–H and O–H groups in total. The molecule has 3 heterocycles. The standard InChI is InChI=1S/C59H46N4/c1-3-4-7-16-42(2)48-40-53(44-19-10-6-11-20-44)59-55(41-48)54-39-47(43-17-8-5-9-18-43)27-36-58(54)63(59)52-34-32-51(33-35-52)62(49-28-23-45(24-29-49)56-21-12-14-37-60-56)50-30-25-46(26-31-50)57-22-13-15-38-61-57/h3-30,32-41,50H,2,31H2,1H3/b4-3-,16-7-. The number of pyridine rings is 2. The highest BCUT2D eigenvalue weighted by Gasteiger charge is 2.23. The van der Waals surface area contributed by atoms with Crippen LogP contribution >= 0.6 is 0 Å². The molecule has 0 fully saturated rings. The normalized spacial score (nSPS) is 13.9. The highest BCUT2D eigenvalue weighted by Crippen LogP contribution is 2.42. The van der Waals surface area contributed by atoms with Gasteiger partial charge in [-0.05, 0) is 132 Å². The minimum absolute atomic E-state index is 0.0896. The zero-order valence-corrected chi connectivity index (χ0v) is 35.2. The summed E-state index contributed by atoms with van der Waals surface area (Å²) in [5.41, 5.74) is 16.5. The van der Waals surface area contributed by atoms with Gasteiger partial charge in [0.2, 0.25) is 0 Å². The van der Waals surface area contributed by atoms with E-state index in [4.69, 9.17) is 0 Å². The van der Waals surface area contributed by atoms with E-state index in [1.54, 1.807) is 0 Å². The van der Waals surface area contributed by atoms with Crippen molar-refractivity contribution in [3.63, 3.8) is 0 Å². The van der Waals surface area contributed by atoms with Gasteiger partial charge in [0.1, 0.15) is 0 Å². The van der Waals surface area contributed by atoms with Gasteiger partial charge in [-0.3, -0.25) is 9.97 Å². The summed E-state index contributed by atoms with van der Waals surface area (Å²) in [5.74, 6) is 0. The topological polar surface area (TPSA) is 34.0 Å². The minimum Gasteiger partial charge on any atom is -0.334 e. The number of benzene rings is 6. The molecule has 63 heavy (non-hydrogen) atoms. The fraction of sp³-hybridized carbons (Fsp3) is 0.0508. The van der Waals surface area contributed by atoms with Gasteiger partial charge in [-0.1, -0.05) is 140 Å². The van der Waals surface area contributed by atoms with Crippen molar-refractivity contribution in [3.8, 4) is 39.2 Å². The number of hydrogen-bond donors (Lipinski definition) is 0. The van der Waals surface area contributed by atoms with Gasteiger partial charge >= 0.3 is 0 Å². The van der Waals surface area contributed by atoms with Crippen molar-refractivity contribution >= 4 is 44.3 Å². The van der Waals surface area contributed by atoms with Crippen molar-refractivity contribution < 1.29 is 0 Å². The maximum Gasteiger partial charge on any atom is 0.0701 e. The quantitative estimate of drug-likeness (QED) is 0.122. The monoisotopic (exact) mass is 810 g/mol. The van der Waals surface area contributed by atoms with Crippen molar-refractivity contribution in [1.82, 2.24) is 14.5 Å². The molecule has 1 atom stereocenters. The van der Waals surface area contributed by atoms with Crippen LogP contribution in [0.2, 0.25) is 0 Å². The van der Waals surface area contributed by atoms with E-state index < -0.39 is 0 Å². The molecule has 0 radical (unpaired) electrons. The van der Waals surface area contributed by atoms with E-state index in [1.165, 1.54) is 21.9 Å². The van der Waals surface area contributed by atoms with Gasteiger partial charge in [0.25, 0.3) is 0 Å². The lowest BCUT2D eigenvalue weighted by Gasteiger charge is -2.33. The minimum atomic E-state index is 0.0896. The van der Waals surface area contributed by atoms with E-state index in [9.17, 15) is 0 Å². The van der Waals surface area contributed by atoms with Crippen molar-refractivity contribution in [2.75, 3.05) is 4.90 Å². The lowest BCUT2D eigenvalue weighted by molar-refractivity contribution is 0.786. The Morgan fingerprint density at radius 1 is 0.619 bits per heavy atom. The lowest BCUT2D eigenvalue weighted by Crippen LogP contribution is -2.30. The second kappa shape index (κ2) is 17.5. The number of fused-ring (bicyclic) bond motifs is 3. The molecule has 4 nitrogen and oxygen atoms in total. The Labute approximate surface area is 369 Å². The van der Waals surface area contributed by atoms with Gasteiger partial charge in [0.15, 0.2) is 0 Å². The highest BCUT2D eigenvalue weighted by atomic mass is 15.2. The van der Waals surface area contributed by atoms with E-state index in [0.29, 0.717) is 0 Å². The first kappa shape index (κ1) is 39.1. The van der Waals surface area contributed by atoms with Gasteiger partial charge < -0.3 is 9.47 Å². The molecular weight excluding hydrogens is 765 g/mol. The summed E-state index contributed by atoms with van der Waals surface area (Å²) in [7, 11) is 0. The summed E-state index contributed by atoms with van der Waals surface area (Å²) in [5, 5.41) is 2.37. The number of rotatable bonds is 11. The molecule has 3 aromatic heterocycles. The van der Waals surface area contributed by atoms with E-state index in [1.807, 2.05) is 55.7 Å². The molecule has 0 saturated heterocycles. The first-order chi connectivity index (χ1) is 31.1. The summed E-state index contributed by atoms with van der Waals surface area (Å²) in [6, 6.07) is 63.0. The lowest BCUT2D eigenvalue weighted by atomic mass is 9.95. The number of anilines is 2. The predicted molar refractivity (Wildman–Crippen MR) is 266 cm³/mol. The van der Waals surface area contributed by atoms with Gasteiger partial charge in [-0.25, -0.2) is 0 Å². The zero-order valence-electron chi connectivity index (χ0n) is 35.2. The summed E-state index contributed by atoms with van der Waals surface area (Å²) in [4.78, 5) is 11.7. The Morgan fingerprint density at radius 2 is 1.27 bits per heavy atom. The number of aromatic nitrogens is 3. The van der Waals surface area contributed by atoms with E-state index in [2.05, 4.69) is 208 Å². The fourth-order valence-corrected chi connectivity index (χ4v) is 8.77. The molecule has 0 bridgehead atoms. The molecule has 1 aliphatic carbocycles. The van der Waals surface area contributed by atoms with Crippen LogP contribution in [0, 0.1) is 0 Å². The largest absolute Gasteiger partial charge is 0.334 e. The van der Waals surface area contributed by atoms with Crippen LogP contribution in [0.25, 0.3) is 72.2 Å².